The van der Waals surface area contributed by atoms with E-state index in [2.05, 4.69) is 6.08 Å². The molecule has 2 atom stereocenters. The van der Waals surface area contributed by atoms with Crippen LogP contribution >= 0.6 is 0 Å². The van der Waals surface area contributed by atoms with Gasteiger partial charge in [-0.1, -0.05) is 13.0 Å². The minimum atomic E-state index is -1.14. The predicted octanol–water partition coefficient (Wildman–Crippen LogP) is 3.18. The number of hydrogen-bond acceptors (Lipinski definition) is 5. The first-order chi connectivity index (χ1) is 16.7. The predicted molar refractivity (Wildman–Crippen MR) is 132 cm³/mol. The number of rotatable bonds is 10. The van der Waals surface area contributed by atoms with Crippen molar-refractivity contribution in [1.29, 1.82) is 0 Å². The number of carbonyl (C=O) groups is 1. The van der Waals surface area contributed by atoms with E-state index in [0.717, 1.165) is 71.4 Å². The fourth-order valence-corrected chi connectivity index (χ4v) is 5.67. The van der Waals surface area contributed by atoms with Gasteiger partial charge in [-0.3, -0.25) is 0 Å². The molecule has 0 bridgehead atoms. The second-order valence-corrected chi connectivity index (χ2v) is 11.3. The summed E-state index contributed by atoms with van der Waals surface area (Å²) in [4.78, 5) is 24.7. The molecule has 2 N–H and O–H groups in total. The number of aromatic carboxylic acids is 1. The topological polar surface area (TPSA) is 98.0 Å². The van der Waals surface area contributed by atoms with Crippen molar-refractivity contribution < 1.29 is 43.7 Å². The van der Waals surface area contributed by atoms with Gasteiger partial charge < -0.3 is 9.68 Å². The molecule has 2 aromatic rings. The van der Waals surface area contributed by atoms with Gasteiger partial charge in [0.2, 0.25) is 0 Å². The van der Waals surface area contributed by atoms with Gasteiger partial charge in [0, 0.05) is 0 Å². The molecule has 0 aliphatic carbocycles. The number of fused-ring (bicyclic) bond motifs is 2. The van der Waals surface area contributed by atoms with E-state index in [4.69, 9.17) is 9.39 Å². The molecule has 2 aliphatic heterocycles. The smallest absolute Gasteiger partial charge is 0.0532 e. The van der Waals surface area contributed by atoms with E-state index in [0.29, 0.717) is 24.3 Å². The fourth-order valence-electron chi connectivity index (χ4n) is 4.96. The average Bonchev–Trinajstić information content (AvgIpc) is 3.12. The second-order valence-electron chi connectivity index (χ2n) is 9.12. The minimum absolute atomic E-state index is 0.0621. The van der Waals surface area contributed by atoms with E-state index >= 15 is 0 Å². The normalized spacial score (nSPS) is 18.3. The zero-order valence-electron chi connectivity index (χ0n) is 20.2. The Morgan fingerprint density at radius 3 is 2.77 bits per heavy atom. The molecule has 1 aromatic heterocycles. The molecule has 2 aliphatic rings. The first-order valence-electron chi connectivity index (χ1n) is 12.1. The summed E-state index contributed by atoms with van der Waals surface area (Å²) in [5, 5.41) is 19.7. The Hall–Kier alpha value is -2.28. The number of ether oxygens (including phenoxy) is 1. The van der Waals surface area contributed by atoms with Gasteiger partial charge >= 0.3 is 170 Å². The van der Waals surface area contributed by atoms with Gasteiger partial charge in [0.15, 0.2) is 0 Å². The van der Waals surface area contributed by atoms with Crippen LogP contribution in [0, 0.1) is 0 Å². The number of nitrogens with zero attached hydrogens (tertiary/aromatic N) is 1. The third-order valence-corrected chi connectivity index (χ3v) is 7.42. The summed E-state index contributed by atoms with van der Waals surface area (Å²) >= 11 is 1.16. The van der Waals surface area contributed by atoms with Crippen LogP contribution in [0.2, 0.25) is 0 Å². The Morgan fingerprint density at radius 2 is 2.11 bits per heavy atom. The first-order valence-corrected chi connectivity index (χ1v) is 13.5. The second kappa shape index (κ2) is 10.8. The SMILES string of the molecule is CCC1OB(O)c2cc(OCCCCC=Cc3c([C](C)=[W])c(=O)c(C(=O)O)c4n3C(C)C4)ccc21. The van der Waals surface area contributed by atoms with E-state index in [1.165, 1.54) is 0 Å². The summed E-state index contributed by atoms with van der Waals surface area (Å²) in [7, 11) is -0.892. The molecule has 7 nitrogen and oxygen atoms in total. The van der Waals surface area contributed by atoms with Gasteiger partial charge in [-0.2, -0.15) is 0 Å². The van der Waals surface area contributed by atoms with Gasteiger partial charge in [0.05, 0.1) is 6.10 Å². The van der Waals surface area contributed by atoms with Crippen LogP contribution < -0.4 is 15.6 Å². The molecule has 2 unspecified atom stereocenters. The molecule has 35 heavy (non-hydrogen) atoms. The third kappa shape index (κ3) is 5.02. The van der Waals surface area contributed by atoms with Gasteiger partial charge in [-0.05, 0) is 17.4 Å². The van der Waals surface area contributed by atoms with Crippen LogP contribution in [0.25, 0.3) is 6.08 Å². The Bertz CT molecular complexity index is 1250. The summed E-state index contributed by atoms with van der Waals surface area (Å²) in [6, 6.07) is 5.93. The molecular weight excluding hydrogens is 617 g/mol. The maximum atomic E-state index is 12.9. The third-order valence-electron chi connectivity index (χ3n) is 6.69. The molecule has 3 heterocycles. The first kappa shape index (κ1) is 25.8. The molecule has 184 valence electrons. The summed E-state index contributed by atoms with van der Waals surface area (Å²) in [6.07, 6.45) is 8.00. The van der Waals surface area contributed by atoms with Crippen molar-refractivity contribution in [2.75, 3.05) is 6.61 Å². The Kier molecular flexibility index (Phi) is 7.94. The molecular formula is C26H30BNO6W. The number of aromatic nitrogens is 1. The van der Waals surface area contributed by atoms with Crippen molar-refractivity contribution in [2.45, 2.75) is 65.0 Å². The molecule has 9 heteroatoms. The number of hydrogen-bond donors (Lipinski definition) is 2. The average molecular weight is 647 g/mol. The molecule has 0 saturated heterocycles. The van der Waals surface area contributed by atoms with Gasteiger partial charge in [0.25, 0.3) is 0 Å². The molecule has 0 saturated carbocycles. The van der Waals surface area contributed by atoms with E-state index < -0.39 is 13.1 Å². The van der Waals surface area contributed by atoms with Crippen molar-refractivity contribution in [2.24, 2.45) is 0 Å². The Morgan fingerprint density at radius 1 is 1.34 bits per heavy atom. The van der Waals surface area contributed by atoms with E-state index in [-0.39, 0.29) is 23.1 Å². The van der Waals surface area contributed by atoms with Crippen molar-refractivity contribution in [1.82, 2.24) is 4.57 Å². The quantitative estimate of drug-likeness (QED) is 0.304. The van der Waals surface area contributed by atoms with E-state index in [9.17, 15) is 19.7 Å². The summed E-state index contributed by atoms with van der Waals surface area (Å²) in [5.74, 6) is -0.416. The molecule has 4 rings (SSSR count). The fraction of sp³-hybridized carbons (Fsp3) is 0.423. The van der Waals surface area contributed by atoms with E-state index in [1.54, 1.807) is 0 Å². The number of pyridine rings is 1. The van der Waals surface area contributed by atoms with Gasteiger partial charge in [-0.15, -0.1) is 0 Å². The molecule has 0 spiro atoms. The van der Waals surface area contributed by atoms with Crippen LogP contribution in [-0.2, 0) is 30.4 Å². The standard InChI is InChI=1S/C26H30BNO6.W/c1-4-18-21(28-16(3)14-22(28)24(25(18)29)26(30)31)10-8-6-7-9-13-33-17-11-12-19-20(15-17)27(32)34-23(19)5-2;/h8,10-12,15-16,23,32H,5-7,9,13-14H2,1-3H3,(H,30,31);. The Labute approximate surface area is 216 Å². The van der Waals surface area contributed by atoms with Crippen LogP contribution in [0.5, 0.6) is 5.75 Å². The number of carboxylic acids is 1. The number of allylic oxidation sites excluding steroid dienone is 1. The van der Waals surface area contributed by atoms with Crippen LogP contribution in [0.3, 0.4) is 0 Å². The Balaban J connectivity index is 1.36. The number of carboxylic acid groups (broad SMARTS) is 1. The van der Waals surface area contributed by atoms with Crippen molar-refractivity contribution >= 4 is 28.5 Å². The summed E-state index contributed by atoms with van der Waals surface area (Å²) in [6.45, 7) is 6.53. The van der Waals surface area contributed by atoms with Crippen LogP contribution in [-0.4, -0.2) is 38.3 Å². The van der Waals surface area contributed by atoms with Crippen LogP contribution in [0.15, 0.2) is 29.1 Å². The van der Waals surface area contributed by atoms with Gasteiger partial charge in [0.1, 0.15) is 0 Å². The molecule has 0 fully saturated rings. The summed E-state index contributed by atoms with van der Waals surface area (Å²) < 4.78 is 14.3. The van der Waals surface area contributed by atoms with Crippen molar-refractivity contribution in [3.8, 4) is 5.75 Å². The molecule has 0 radical (unpaired) electrons. The van der Waals surface area contributed by atoms with Crippen LogP contribution in [0.1, 0.15) is 91.5 Å². The van der Waals surface area contributed by atoms with E-state index in [1.807, 2.05) is 49.6 Å². The number of benzene rings is 1. The molecule has 0 amide bonds. The van der Waals surface area contributed by atoms with Gasteiger partial charge in [-0.25, -0.2) is 0 Å². The molecule has 1 aromatic carbocycles. The van der Waals surface area contributed by atoms with Crippen LogP contribution in [0.4, 0.5) is 0 Å². The number of unbranched alkanes of at least 4 members (excludes halogenated alkanes) is 2. The van der Waals surface area contributed by atoms with Crippen molar-refractivity contribution in [3.63, 3.8) is 0 Å². The summed E-state index contributed by atoms with van der Waals surface area (Å²) in [5.41, 5.74) is 3.34. The maximum absolute atomic E-state index is 12.9. The van der Waals surface area contributed by atoms with Crippen molar-refractivity contribution in [3.05, 3.63) is 62.6 Å². The minimum Gasteiger partial charge on any atom is -0.0532 e. The zero-order chi connectivity index (χ0) is 25.3. The zero-order valence-corrected chi connectivity index (χ0v) is 23.2. The monoisotopic (exact) mass is 647 g/mol.